The SMILES string of the molecule is Cc1cnc(-c2ccc(C)c(-c3ccccc3)c2)cc1C. The van der Waals surface area contributed by atoms with Crippen molar-refractivity contribution in [2.24, 2.45) is 0 Å². The lowest BCUT2D eigenvalue weighted by Gasteiger charge is -2.10. The molecule has 0 saturated heterocycles. The molecule has 0 radical (unpaired) electrons. The number of rotatable bonds is 2. The van der Waals surface area contributed by atoms with E-state index in [9.17, 15) is 0 Å². The first-order valence-corrected chi connectivity index (χ1v) is 7.25. The maximum atomic E-state index is 4.57. The predicted molar refractivity (Wildman–Crippen MR) is 89.3 cm³/mol. The molecule has 0 saturated carbocycles. The summed E-state index contributed by atoms with van der Waals surface area (Å²) in [5.74, 6) is 0. The molecule has 0 atom stereocenters. The minimum atomic E-state index is 1.04. The van der Waals surface area contributed by atoms with Gasteiger partial charge in [0.05, 0.1) is 5.69 Å². The third-order valence-electron chi connectivity index (χ3n) is 3.99. The topological polar surface area (TPSA) is 12.9 Å². The van der Waals surface area contributed by atoms with E-state index in [4.69, 9.17) is 0 Å². The Labute approximate surface area is 126 Å². The van der Waals surface area contributed by atoms with E-state index < -0.39 is 0 Å². The molecular weight excluding hydrogens is 254 g/mol. The Morgan fingerprint density at radius 1 is 0.667 bits per heavy atom. The van der Waals surface area contributed by atoms with Gasteiger partial charge in [0, 0.05) is 11.8 Å². The molecule has 0 spiro atoms. The van der Waals surface area contributed by atoms with Gasteiger partial charge in [0.25, 0.3) is 0 Å². The highest BCUT2D eigenvalue weighted by Crippen LogP contribution is 2.29. The molecule has 1 aromatic heterocycles. The summed E-state index contributed by atoms with van der Waals surface area (Å²) < 4.78 is 0. The average molecular weight is 273 g/mol. The largest absolute Gasteiger partial charge is 0.256 e. The van der Waals surface area contributed by atoms with Crippen LogP contribution in [0.25, 0.3) is 22.4 Å². The number of hydrogen-bond acceptors (Lipinski definition) is 1. The summed E-state index contributed by atoms with van der Waals surface area (Å²) in [5, 5.41) is 0. The van der Waals surface area contributed by atoms with Gasteiger partial charge >= 0.3 is 0 Å². The maximum absolute atomic E-state index is 4.57. The molecule has 0 unspecified atom stereocenters. The summed E-state index contributed by atoms with van der Waals surface area (Å²) in [6, 6.07) is 19.2. The van der Waals surface area contributed by atoms with Crippen molar-refractivity contribution in [2.75, 3.05) is 0 Å². The van der Waals surface area contributed by atoms with E-state index in [2.05, 4.69) is 74.3 Å². The van der Waals surface area contributed by atoms with Gasteiger partial charge in [-0.3, -0.25) is 4.98 Å². The van der Waals surface area contributed by atoms with Gasteiger partial charge in [-0.05, 0) is 60.7 Å². The summed E-state index contributed by atoms with van der Waals surface area (Å²) in [6.45, 7) is 6.38. The molecule has 0 amide bonds. The normalized spacial score (nSPS) is 10.6. The second-order valence-electron chi connectivity index (χ2n) is 5.55. The Kier molecular flexibility index (Phi) is 3.57. The van der Waals surface area contributed by atoms with Gasteiger partial charge in [-0.2, -0.15) is 0 Å². The third kappa shape index (κ3) is 2.73. The molecule has 1 nitrogen and oxygen atoms in total. The number of aromatic nitrogens is 1. The Hall–Kier alpha value is -2.41. The first kappa shape index (κ1) is 13.6. The van der Waals surface area contributed by atoms with Gasteiger partial charge in [-0.15, -0.1) is 0 Å². The van der Waals surface area contributed by atoms with Crippen LogP contribution in [0, 0.1) is 20.8 Å². The highest BCUT2D eigenvalue weighted by molar-refractivity contribution is 5.74. The van der Waals surface area contributed by atoms with Gasteiger partial charge in [0.1, 0.15) is 0 Å². The first-order chi connectivity index (χ1) is 10.1. The van der Waals surface area contributed by atoms with E-state index >= 15 is 0 Å². The van der Waals surface area contributed by atoms with E-state index in [0.717, 1.165) is 5.69 Å². The molecule has 1 heteroatoms. The highest BCUT2D eigenvalue weighted by Gasteiger charge is 2.06. The van der Waals surface area contributed by atoms with Gasteiger partial charge in [0.2, 0.25) is 0 Å². The van der Waals surface area contributed by atoms with Crippen LogP contribution in [0.5, 0.6) is 0 Å². The van der Waals surface area contributed by atoms with Crippen molar-refractivity contribution in [1.29, 1.82) is 0 Å². The fraction of sp³-hybridized carbons (Fsp3) is 0.150. The van der Waals surface area contributed by atoms with Gasteiger partial charge in [-0.25, -0.2) is 0 Å². The van der Waals surface area contributed by atoms with Crippen molar-refractivity contribution >= 4 is 0 Å². The van der Waals surface area contributed by atoms with E-state index in [-0.39, 0.29) is 0 Å². The lowest BCUT2D eigenvalue weighted by Crippen LogP contribution is -1.90. The molecule has 0 fully saturated rings. The summed E-state index contributed by atoms with van der Waals surface area (Å²) in [5.41, 5.74) is 8.52. The third-order valence-corrected chi connectivity index (χ3v) is 3.99. The summed E-state index contributed by atoms with van der Waals surface area (Å²) in [4.78, 5) is 4.57. The quantitative estimate of drug-likeness (QED) is 0.614. The van der Waals surface area contributed by atoms with Crippen LogP contribution >= 0.6 is 0 Å². The highest BCUT2D eigenvalue weighted by atomic mass is 14.7. The van der Waals surface area contributed by atoms with Crippen molar-refractivity contribution in [3.8, 4) is 22.4 Å². The zero-order valence-corrected chi connectivity index (χ0v) is 12.7. The molecule has 0 aliphatic carbocycles. The van der Waals surface area contributed by atoms with Crippen LogP contribution in [0.1, 0.15) is 16.7 Å². The smallest absolute Gasteiger partial charge is 0.0705 e. The van der Waals surface area contributed by atoms with Crippen LogP contribution in [0.3, 0.4) is 0 Å². The molecule has 21 heavy (non-hydrogen) atoms. The summed E-state index contributed by atoms with van der Waals surface area (Å²) in [7, 11) is 0. The minimum Gasteiger partial charge on any atom is -0.256 e. The van der Waals surface area contributed by atoms with Crippen molar-refractivity contribution in [1.82, 2.24) is 4.98 Å². The molecule has 3 rings (SSSR count). The second-order valence-corrected chi connectivity index (χ2v) is 5.55. The first-order valence-electron chi connectivity index (χ1n) is 7.25. The van der Waals surface area contributed by atoms with Gasteiger partial charge < -0.3 is 0 Å². The van der Waals surface area contributed by atoms with Crippen molar-refractivity contribution in [3.05, 3.63) is 77.5 Å². The summed E-state index contributed by atoms with van der Waals surface area (Å²) >= 11 is 0. The van der Waals surface area contributed by atoms with Crippen molar-refractivity contribution in [2.45, 2.75) is 20.8 Å². The molecule has 3 aromatic rings. The van der Waals surface area contributed by atoms with Crippen molar-refractivity contribution in [3.63, 3.8) is 0 Å². The molecule has 0 aliphatic heterocycles. The average Bonchev–Trinajstić information content (AvgIpc) is 2.51. The second kappa shape index (κ2) is 5.53. The van der Waals surface area contributed by atoms with E-state index in [1.807, 2.05) is 12.3 Å². The lowest BCUT2D eigenvalue weighted by molar-refractivity contribution is 1.22. The van der Waals surface area contributed by atoms with E-state index in [0.29, 0.717) is 0 Å². The van der Waals surface area contributed by atoms with Gasteiger partial charge in [-0.1, -0.05) is 42.5 Å². The molecule has 0 aliphatic rings. The number of benzene rings is 2. The molecule has 0 bridgehead atoms. The number of aryl methyl sites for hydroxylation is 3. The zero-order chi connectivity index (χ0) is 14.8. The van der Waals surface area contributed by atoms with E-state index in [1.54, 1.807) is 0 Å². The van der Waals surface area contributed by atoms with Crippen molar-refractivity contribution < 1.29 is 0 Å². The Bertz CT molecular complexity index is 773. The van der Waals surface area contributed by atoms with Crippen LogP contribution in [0.2, 0.25) is 0 Å². The standard InChI is InChI=1S/C20H19N/c1-14-9-10-18(20-11-15(2)16(3)13-21-20)12-19(14)17-7-5-4-6-8-17/h4-13H,1-3H3. The minimum absolute atomic E-state index is 1.04. The number of pyridine rings is 1. The monoisotopic (exact) mass is 273 g/mol. The van der Waals surface area contributed by atoms with Crippen LogP contribution in [0.4, 0.5) is 0 Å². The Balaban J connectivity index is 2.11. The van der Waals surface area contributed by atoms with Crippen LogP contribution in [-0.2, 0) is 0 Å². The summed E-state index contributed by atoms with van der Waals surface area (Å²) in [6.07, 6.45) is 1.95. The molecule has 0 N–H and O–H groups in total. The predicted octanol–water partition coefficient (Wildman–Crippen LogP) is 5.34. The van der Waals surface area contributed by atoms with Crippen LogP contribution in [0.15, 0.2) is 60.8 Å². The lowest BCUT2D eigenvalue weighted by atomic mass is 9.96. The Morgan fingerprint density at radius 2 is 1.43 bits per heavy atom. The van der Waals surface area contributed by atoms with Gasteiger partial charge in [0.15, 0.2) is 0 Å². The molecule has 2 aromatic carbocycles. The van der Waals surface area contributed by atoms with Crippen LogP contribution in [-0.4, -0.2) is 4.98 Å². The molecule has 104 valence electrons. The fourth-order valence-corrected chi connectivity index (χ4v) is 2.49. The zero-order valence-electron chi connectivity index (χ0n) is 12.7. The Morgan fingerprint density at radius 3 is 2.14 bits per heavy atom. The van der Waals surface area contributed by atoms with E-state index in [1.165, 1.54) is 33.4 Å². The van der Waals surface area contributed by atoms with Crippen LogP contribution < -0.4 is 0 Å². The fourth-order valence-electron chi connectivity index (χ4n) is 2.49. The number of nitrogens with zero attached hydrogens (tertiary/aromatic N) is 1. The molecule has 1 heterocycles. The molecular formula is C20H19N. The number of hydrogen-bond donors (Lipinski definition) is 0. The maximum Gasteiger partial charge on any atom is 0.0705 e.